The molecule has 1 aliphatic heterocycles. The van der Waals surface area contributed by atoms with Crippen LogP contribution in [0.25, 0.3) is 6.08 Å². The molecular formula is C25H32N8O3. The molecule has 0 amide bonds. The summed E-state index contributed by atoms with van der Waals surface area (Å²) in [5.74, 6) is -0.252. The lowest BCUT2D eigenvalue weighted by Gasteiger charge is -2.31. The Kier molecular flexibility index (Phi) is 8.11. The monoisotopic (exact) mass is 492 g/mol. The molecule has 11 heteroatoms. The van der Waals surface area contributed by atoms with Crippen LogP contribution in [0.4, 0.5) is 23.0 Å². The fourth-order valence-electron chi connectivity index (χ4n) is 4.57. The predicted molar refractivity (Wildman–Crippen MR) is 142 cm³/mol. The van der Waals surface area contributed by atoms with Crippen LogP contribution in [0.5, 0.6) is 0 Å². The predicted octanol–water partition coefficient (Wildman–Crippen LogP) is 3.67. The van der Waals surface area contributed by atoms with E-state index in [0.717, 1.165) is 55.9 Å². The van der Waals surface area contributed by atoms with E-state index in [1.165, 1.54) is 17.6 Å². The fourth-order valence-corrected chi connectivity index (χ4v) is 4.57. The second-order valence-electron chi connectivity index (χ2n) is 8.49. The second-order valence-corrected chi connectivity index (χ2v) is 8.49. The van der Waals surface area contributed by atoms with Crippen molar-refractivity contribution in [2.24, 2.45) is 5.10 Å². The minimum absolute atomic E-state index is 0.0423. The maximum Gasteiger partial charge on any atom is 0.354 e. The summed E-state index contributed by atoms with van der Waals surface area (Å²) in [7, 11) is 0. The zero-order valence-corrected chi connectivity index (χ0v) is 20.7. The van der Waals surface area contributed by atoms with Crippen molar-refractivity contribution < 1.29 is 9.66 Å². The summed E-state index contributed by atoms with van der Waals surface area (Å²) >= 11 is 0. The number of nitrogens with one attached hydrogen (secondary N) is 1. The van der Waals surface area contributed by atoms with Gasteiger partial charge in [-0.2, -0.15) is 5.10 Å². The molecular weight excluding hydrogens is 460 g/mol. The maximum absolute atomic E-state index is 11.3. The van der Waals surface area contributed by atoms with Crippen molar-refractivity contribution in [3.8, 4) is 0 Å². The number of nitrogens with zero attached hydrogens (tertiary/aromatic N) is 6. The van der Waals surface area contributed by atoms with Gasteiger partial charge in [-0.15, -0.1) is 0 Å². The smallest absolute Gasteiger partial charge is 0.354 e. The number of hydrogen-bond donors (Lipinski definition) is 2. The lowest BCUT2D eigenvalue weighted by molar-refractivity contribution is -0.383. The molecule has 11 nitrogen and oxygen atoms in total. The Morgan fingerprint density at radius 2 is 1.92 bits per heavy atom. The Balaban J connectivity index is 1.61. The number of aromatic nitrogens is 2. The van der Waals surface area contributed by atoms with Crippen LogP contribution in [0.1, 0.15) is 32.3 Å². The molecule has 0 bridgehead atoms. The van der Waals surface area contributed by atoms with Crippen molar-refractivity contribution in [2.75, 3.05) is 55.5 Å². The van der Waals surface area contributed by atoms with E-state index in [1.807, 2.05) is 0 Å². The number of hydrogen-bond acceptors (Lipinski definition) is 10. The van der Waals surface area contributed by atoms with E-state index < -0.39 is 10.6 Å². The van der Waals surface area contributed by atoms with Gasteiger partial charge in [-0.05, 0) is 61.6 Å². The van der Waals surface area contributed by atoms with Crippen LogP contribution in [0, 0.1) is 10.1 Å². The van der Waals surface area contributed by atoms with Gasteiger partial charge >= 0.3 is 5.69 Å². The van der Waals surface area contributed by atoms with Crippen LogP contribution in [-0.2, 0) is 4.74 Å². The van der Waals surface area contributed by atoms with Crippen LogP contribution in [0.3, 0.4) is 0 Å². The highest BCUT2D eigenvalue weighted by Gasteiger charge is 2.26. The number of nitrogens with two attached hydrogens (primary N) is 1. The normalized spacial score (nSPS) is 17.3. The Morgan fingerprint density at radius 1 is 1.19 bits per heavy atom. The van der Waals surface area contributed by atoms with Gasteiger partial charge < -0.3 is 20.3 Å². The number of allylic oxidation sites excluding steroid dienone is 2. The topological polar surface area (TPSA) is 135 Å². The molecule has 1 aliphatic carbocycles. The Hall–Kier alpha value is -3.99. The Labute approximate surface area is 210 Å². The lowest BCUT2D eigenvalue weighted by atomic mass is 10.1. The number of morpholine rings is 1. The molecule has 4 rings (SSSR count). The molecule has 190 valence electrons. The third-order valence-electron chi connectivity index (χ3n) is 6.39. The van der Waals surface area contributed by atoms with E-state index in [-0.39, 0.29) is 11.6 Å². The summed E-state index contributed by atoms with van der Waals surface area (Å²) in [6, 6.07) is 8.64. The van der Waals surface area contributed by atoms with E-state index in [9.17, 15) is 10.1 Å². The molecule has 2 aromatic rings. The van der Waals surface area contributed by atoms with Crippen LogP contribution >= 0.6 is 0 Å². The van der Waals surface area contributed by atoms with Gasteiger partial charge in [0.1, 0.15) is 6.33 Å². The highest BCUT2D eigenvalue weighted by Crippen LogP contribution is 2.35. The van der Waals surface area contributed by atoms with Gasteiger partial charge in [0.05, 0.1) is 24.4 Å². The SMILES string of the molecule is CCN(CC)c1ccc(/C=C2\CCC(/C=N/Nc3ncnc(N)c3[N+](=O)[O-])=C2N2CCOCC2)cc1. The average molecular weight is 493 g/mol. The number of anilines is 3. The molecule has 1 saturated heterocycles. The minimum Gasteiger partial charge on any atom is -0.378 e. The van der Waals surface area contributed by atoms with E-state index in [1.54, 1.807) is 6.21 Å². The van der Waals surface area contributed by atoms with Gasteiger partial charge in [0.25, 0.3) is 0 Å². The van der Waals surface area contributed by atoms with Gasteiger partial charge in [-0.1, -0.05) is 12.1 Å². The largest absolute Gasteiger partial charge is 0.378 e. The molecule has 2 heterocycles. The van der Waals surface area contributed by atoms with Crippen LogP contribution in [0.15, 0.2) is 52.5 Å². The number of rotatable bonds is 9. The number of nitro groups is 1. The highest BCUT2D eigenvalue weighted by atomic mass is 16.6. The third kappa shape index (κ3) is 5.62. The fraction of sp³-hybridized carbons (Fsp3) is 0.400. The Bertz CT molecular complexity index is 1170. The zero-order valence-electron chi connectivity index (χ0n) is 20.7. The molecule has 0 atom stereocenters. The van der Waals surface area contributed by atoms with Crippen molar-refractivity contribution in [3.05, 3.63) is 63.1 Å². The lowest BCUT2D eigenvalue weighted by Crippen LogP contribution is -2.36. The molecule has 36 heavy (non-hydrogen) atoms. The molecule has 0 spiro atoms. The third-order valence-corrected chi connectivity index (χ3v) is 6.39. The van der Waals surface area contributed by atoms with Crippen molar-refractivity contribution in [2.45, 2.75) is 26.7 Å². The minimum atomic E-state index is -0.618. The molecule has 0 unspecified atom stereocenters. The van der Waals surface area contributed by atoms with Crippen LogP contribution in [-0.4, -0.2) is 65.4 Å². The first-order valence-electron chi connectivity index (χ1n) is 12.2. The van der Waals surface area contributed by atoms with E-state index in [4.69, 9.17) is 10.5 Å². The second kappa shape index (κ2) is 11.6. The van der Waals surface area contributed by atoms with E-state index >= 15 is 0 Å². The van der Waals surface area contributed by atoms with Gasteiger partial charge in [0.15, 0.2) is 0 Å². The number of nitrogen functional groups attached to an aromatic ring is 1. The quantitative estimate of drug-likeness (QED) is 0.305. The van der Waals surface area contributed by atoms with Crippen molar-refractivity contribution >= 4 is 35.3 Å². The molecule has 0 saturated carbocycles. The molecule has 0 radical (unpaired) electrons. The standard InChI is InChI=1S/C25H32N8O3/c1-3-31(4-2)21-9-5-18(6-10-21)15-19-7-8-20(22(19)32-11-13-36-14-12-32)16-29-30-25-23(33(34)35)24(26)27-17-28-25/h5-6,9-10,15-17H,3-4,7-8,11-14H2,1-2H3,(H3,26,27,28,30)/b19-15+,29-16+. The molecule has 2 aliphatic rings. The Morgan fingerprint density at radius 3 is 2.58 bits per heavy atom. The summed E-state index contributed by atoms with van der Waals surface area (Å²) < 4.78 is 5.57. The summed E-state index contributed by atoms with van der Waals surface area (Å²) in [6.07, 6.45) is 6.82. The van der Waals surface area contributed by atoms with Gasteiger partial charge in [-0.25, -0.2) is 9.97 Å². The average Bonchev–Trinajstić information content (AvgIpc) is 3.28. The van der Waals surface area contributed by atoms with Crippen molar-refractivity contribution in [1.82, 2.24) is 14.9 Å². The van der Waals surface area contributed by atoms with Gasteiger partial charge in [0, 0.05) is 37.6 Å². The number of hydrazone groups is 1. The first kappa shape index (κ1) is 25.1. The molecule has 1 aromatic heterocycles. The van der Waals surface area contributed by atoms with Crippen LogP contribution < -0.4 is 16.1 Å². The van der Waals surface area contributed by atoms with E-state index in [2.05, 4.69) is 74.5 Å². The molecule has 1 aromatic carbocycles. The van der Waals surface area contributed by atoms with Gasteiger partial charge in [-0.3, -0.25) is 15.5 Å². The molecule has 1 fully saturated rings. The highest BCUT2D eigenvalue weighted by molar-refractivity contribution is 5.84. The van der Waals surface area contributed by atoms with Crippen molar-refractivity contribution in [1.29, 1.82) is 0 Å². The summed E-state index contributed by atoms with van der Waals surface area (Å²) in [4.78, 5) is 23.0. The first-order chi connectivity index (χ1) is 17.5. The summed E-state index contributed by atoms with van der Waals surface area (Å²) in [6.45, 7) is 9.21. The summed E-state index contributed by atoms with van der Waals surface area (Å²) in [5.41, 5.74) is 13.7. The van der Waals surface area contributed by atoms with Crippen molar-refractivity contribution in [3.63, 3.8) is 0 Å². The molecule has 3 N–H and O–H groups in total. The zero-order chi connectivity index (χ0) is 25.5. The van der Waals surface area contributed by atoms with Gasteiger partial charge in [0.2, 0.25) is 11.6 Å². The maximum atomic E-state index is 11.3. The van der Waals surface area contributed by atoms with Crippen LogP contribution in [0.2, 0.25) is 0 Å². The first-order valence-corrected chi connectivity index (χ1v) is 12.2. The number of benzene rings is 1. The number of ether oxygens (including phenoxy) is 1. The summed E-state index contributed by atoms with van der Waals surface area (Å²) in [5, 5.41) is 15.6. The van der Waals surface area contributed by atoms with E-state index in [0.29, 0.717) is 13.2 Å².